The molecule has 1 aromatic carbocycles. The molecule has 0 bridgehead atoms. The molecule has 2 rings (SSSR count). The van der Waals surface area contributed by atoms with Gasteiger partial charge in [0.15, 0.2) is 0 Å². The summed E-state index contributed by atoms with van der Waals surface area (Å²) in [6.07, 6.45) is 3.55. The second-order valence-electron chi connectivity index (χ2n) is 5.48. The molecule has 0 fully saturated rings. The van der Waals surface area contributed by atoms with Crippen LogP contribution in [0.1, 0.15) is 43.9 Å². The van der Waals surface area contributed by atoms with Crippen molar-refractivity contribution < 1.29 is 4.79 Å². The lowest BCUT2D eigenvalue weighted by molar-refractivity contribution is -0.125. The van der Waals surface area contributed by atoms with E-state index < -0.39 is 0 Å². The van der Waals surface area contributed by atoms with E-state index in [1.54, 1.807) is 6.20 Å². The van der Waals surface area contributed by atoms with Gasteiger partial charge in [0, 0.05) is 30.3 Å². The summed E-state index contributed by atoms with van der Waals surface area (Å²) in [6.45, 7) is 4.69. The molecule has 1 aromatic heterocycles. The van der Waals surface area contributed by atoms with Crippen LogP contribution in [0.25, 0.3) is 0 Å². The van der Waals surface area contributed by atoms with Crippen molar-refractivity contribution in [2.45, 2.75) is 32.6 Å². The third-order valence-electron chi connectivity index (χ3n) is 4.08. The molecule has 0 radical (unpaired) electrons. The summed E-state index contributed by atoms with van der Waals surface area (Å²) in [5, 5.41) is 3.10. The minimum Gasteiger partial charge on any atom is -0.355 e. The number of carbonyl (C=O) groups is 1. The fourth-order valence-corrected chi connectivity index (χ4v) is 2.67. The van der Waals surface area contributed by atoms with Gasteiger partial charge in [0.2, 0.25) is 5.91 Å². The van der Waals surface area contributed by atoms with Crippen LogP contribution in [0.15, 0.2) is 54.7 Å². The zero-order chi connectivity index (χ0) is 15.8. The highest BCUT2D eigenvalue weighted by atomic mass is 16.1. The normalized spacial score (nSPS) is 12.1. The second kappa shape index (κ2) is 8.32. The average Bonchev–Trinajstić information content (AvgIpc) is 2.58. The maximum atomic E-state index is 12.2. The lowest BCUT2D eigenvalue weighted by atomic mass is 9.94. The predicted octanol–water partition coefficient (Wildman–Crippen LogP) is 3.77. The average molecular weight is 296 g/mol. The van der Waals surface area contributed by atoms with Crippen LogP contribution < -0.4 is 5.32 Å². The van der Waals surface area contributed by atoms with Crippen molar-refractivity contribution in [1.82, 2.24) is 10.3 Å². The van der Waals surface area contributed by atoms with Gasteiger partial charge in [0.1, 0.15) is 0 Å². The number of benzene rings is 1. The smallest absolute Gasteiger partial charge is 0.223 e. The van der Waals surface area contributed by atoms with Crippen molar-refractivity contribution in [2.24, 2.45) is 5.92 Å². The first-order chi connectivity index (χ1) is 10.8. The van der Waals surface area contributed by atoms with E-state index in [9.17, 15) is 4.79 Å². The highest BCUT2D eigenvalue weighted by Gasteiger charge is 2.19. The number of hydrogen-bond acceptors (Lipinski definition) is 2. The van der Waals surface area contributed by atoms with Crippen molar-refractivity contribution >= 4 is 5.91 Å². The molecule has 3 heteroatoms. The molecule has 116 valence electrons. The quantitative estimate of drug-likeness (QED) is 0.845. The summed E-state index contributed by atoms with van der Waals surface area (Å²) >= 11 is 0. The maximum absolute atomic E-state index is 12.2. The van der Waals surface area contributed by atoms with Crippen LogP contribution >= 0.6 is 0 Å². The van der Waals surface area contributed by atoms with Crippen molar-refractivity contribution in [2.75, 3.05) is 6.54 Å². The molecule has 0 aliphatic carbocycles. The number of aromatic nitrogens is 1. The molecule has 0 saturated carbocycles. The SMILES string of the molecule is CCC(CC)C(=O)NCC(c1ccccc1)c1ccccn1. The number of rotatable bonds is 7. The summed E-state index contributed by atoms with van der Waals surface area (Å²) in [6, 6.07) is 16.1. The molecule has 0 spiro atoms. The van der Waals surface area contributed by atoms with Gasteiger partial charge in [0.05, 0.1) is 0 Å². The zero-order valence-electron chi connectivity index (χ0n) is 13.3. The van der Waals surface area contributed by atoms with E-state index in [2.05, 4.69) is 36.3 Å². The largest absolute Gasteiger partial charge is 0.355 e. The molecule has 1 N–H and O–H groups in total. The van der Waals surface area contributed by atoms with E-state index in [0.717, 1.165) is 18.5 Å². The first-order valence-electron chi connectivity index (χ1n) is 7.99. The summed E-state index contributed by atoms with van der Waals surface area (Å²) < 4.78 is 0. The van der Waals surface area contributed by atoms with Gasteiger partial charge < -0.3 is 5.32 Å². The third-order valence-corrected chi connectivity index (χ3v) is 4.08. The van der Waals surface area contributed by atoms with Gasteiger partial charge in [-0.15, -0.1) is 0 Å². The molecule has 1 atom stereocenters. The Hall–Kier alpha value is -2.16. The number of pyridine rings is 1. The Bertz CT molecular complexity index is 525. The summed E-state index contributed by atoms with van der Waals surface area (Å²) in [5.41, 5.74) is 2.16. The van der Waals surface area contributed by atoms with E-state index >= 15 is 0 Å². The Morgan fingerprint density at radius 2 is 1.73 bits per heavy atom. The standard InChI is InChI=1S/C19H24N2O/c1-3-15(4-2)19(22)21-14-17(16-10-6-5-7-11-16)18-12-8-9-13-20-18/h5-13,15,17H,3-4,14H2,1-2H3,(H,21,22). The maximum Gasteiger partial charge on any atom is 0.223 e. The van der Waals surface area contributed by atoms with E-state index in [-0.39, 0.29) is 17.7 Å². The van der Waals surface area contributed by atoms with Crippen LogP contribution in [0.3, 0.4) is 0 Å². The van der Waals surface area contributed by atoms with Crippen LogP contribution in [0, 0.1) is 5.92 Å². The van der Waals surface area contributed by atoms with E-state index in [1.807, 2.05) is 36.4 Å². The number of nitrogens with one attached hydrogen (secondary N) is 1. The van der Waals surface area contributed by atoms with Gasteiger partial charge in [0.25, 0.3) is 0 Å². The molecule has 22 heavy (non-hydrogen) atoms. The van der Waals surface area contributed by atoms with E-state index in [1.165, 1.54) is 5.56 Å². The summed E-state index contributed by atoms with van der Waals surface area (Å²) in [7, 11) is 0. The monoisotopic (exact) mass is 296 g/mol. The fraction of sp³-hybridized carbons (Fsp3) is 0.368. The molecule has 1 amide bonds. The van der Waals surface area contributed by atoms with Crippen LogP contribution in [0.5, 0.6) is 0 Å². The van der Waals surface area contributed by atoms with Gasteiger partial charge >= 0.3 is 0 Å². The van der Waals surface area contributed by atoms with Gasteiger partial charge in [-0.2, -0.15) is 0 Å². The highest BCUT2D eigenvalue weighted by molar-refractivity contribution is 5.78. The van der Waals surface area contributed by atoms with Gasteiger partial charge in [-0.3, -0.25) is 9.78 Å². The Morgan fingerprint density at radius 1 is 1.05 bits per heavy atom. The Kier molecular flexibility index (Phi) is 6.13. The van der Waals surface area contributed by atoms with Crippen LogP contribution in [0.4, 0.5) is 0 Å². The van der Waals surface area contributed by atoms with Crippen LogP contribution in [0.2, 0.25) is 0 Å². The van der Waals surface area contributed by atoms with Crippen molar-refractivity contribution in [1.29, 1.82) is 0 Å². The van der Waals surface area contributed by atoms with Gasteiger partial charge in [-0.25, -0.2) is 0 Å². The molecule has 0 saturated heterocycles. The number of carbonyl (C=O) groups excluding carboxylic acids is 1. The van der Waals surface area contributed by atoms with Crippen molar-refractivity contribution in [3.05, 3.63) is 66.0 Å². The van der Waals surface area contributed by atoms with Gasteiger partial charge in [-0.05, 0) is 30.5 Å². The molecule has 1 heterocycles. The van der Waals surface area contributed by atoms with Crippen molar-refractivity contribution in [3.8, 4) is 0 Å². The Balaban J connectivity index is 2.15. The first kappa shape index (κ1) is 16.2. The lowest BCUT2D eigenvalue weighted by Gasteiger charge is -2.20. The molecule has 1 unspecified atom stereocenters. The molecule has 2 aromatic rings. The molecular weight excluding hydrogens is 272 g/mol. The molecule has 0 aliphatic heterocycles. The van der Waals surface area contributed by atoms with Crippen LogP contribution in [-0.4, -0.2) is 17.4 Å². The first-order valence-corrected chi connectivity index (χ1v) is 7.99. The van der Waals surface area contributed by atoms with Gasteiger partial charge in [-0.1, -0.05) is 50.2 Å². The molecule has 0 aliphatic rings. The summed E-state index contributed by atoms with van der Waals surface area (Å²) in [4.78, 5) is 16.7. The lowest BCUT2D eigenvalue weighted by Crippen LogP contribution is -2.34. The number of hydrogen-bond donors (Lipinski definition) is 1. The second-order valence-corrected chi connectivity index (χ2v) is 5.48. The third kappa shape index (κ3) is 4.17. The van der Waals surface area contributed by atoms with Crippen molar-refractivity contribution in [3.63, 3.8) is 0 Å². The predicted molar refractivity (Wildman–Crippen MR) is 89.6 cm³/mol. The fourth-order valence-electron chi connectivity index (χ4n) is 2.67. The number of nitrogens with zero attached hydrogens (tertiary/aromatic N) is 1. The molecular formula is C19H24N2O. The topological polar surface area (TPSA) is 42.0 Å². The molecule has 3 nitrogen and oxygen atoms in total. The highest BCUT2D eigenvalue weighted by Crippen LogP contribution is 2.22. The number of amides is 1. The Labute approximate surface area is 132 Å². The van der Waals surface area contributed by atoms with E-state index in [0.29, 0.717) is 6.54 Å². The van der Waals surface area contributed by atoms with E-state index in [4.69, 9.17) is 0 Å². The van der Waals surface area contributed by atoms with Crippen LogP contribution in [-0.2, 0) is 4.79 Å². The zero-order valence-corrected chi connectivity index (χ0v) is 13.3. The minimum atomic E-state index is 0.0840. The Morgan fingerprint density at radius 3 is 2.32 bits per heavy atom. The summed E-state index contributed by atoms with van der Waals surface area (Å²) in [5.74, 6) is 0.322. The minimum absolute atomic E-state index is 0.0840.